The monoisotopic (exact) mass is 193 g/mol. The molecule has 1 N–H and O–H groups in total. The van der Waals surface area contributed by atoms with E-state index in [1.807, 2.05) is 0 Å². The van der Waals surface area contributed by atoms with Gasteiger partial charge < -0.3 is 0 Å². The minimum absolute atomic E-state index is 0.832. The van der Waals surface area contributed by atoms with Crippen LogP contribution < -0.4 is 5.32 Å². The Labute approximate surface area is 63.8 Å². The third kappa shape index (κ3) is 1.96. The van der Waals surface area contributed by atoms with Crippen molar-refractivity contribution in [1.82, 2.24) is 5.32 Å². The Kier molecular flexibility index (Phi) is 3.03. The van der Waals surface area contributed by atoms with E-state index in [4.69, 9.17) is 0 Å². The van der Waals surface area contributed by atoms with Gasteiger partial charge in [0.1, 0.15) is 0 Å². The van der Waals surface area contributed by atoms with Gasteiger partial charge in [0, 0.05) is 0 Å². The van der Waals surface area contributed by atoms with Crippen molar-refractivity contribution >= 4 is 15.0 Å². The minimum atomic E-state index is 0.832. The fraction of sp³-hybridized carbons (Fsp3) is 1.00. The van der Waals surface area contributed by atoms with Crippen molar-refractivity contribution in [2.75, 3.05) is 6.54 Å². The van der Waals surface area contributed by atoms with Crippen molar-refractivity contribution in [3.05, 3.63) is 0 Å². The summed E-state index contributed by atoms with van der Waals surface area (Å²) in [4.78, 5) is 0.969. The summed E-state index contributed by atoms with van der Waals surface area (Å²) < 4.78 is 0. The summed E-state index contributed by atoms with van der Waals surface area (Å²) in [6.45, 7) is 5.92. The molecule has 1 nitrogen and oxygen atoms in total. The summed E-state index contributed by atoms with van der Waals surface area (Å²) in [5.74, 6) is 0. The van der Waals surface area contributed by atoms with Crippen molar-refractivity contribution in [2.24, 2.45) is 0 Å². The summed E-state index contributed by atoms with van der Waals surface area (Å²) in [6, 6.07) is 0.832. The topological polar surface area (TPSA) is 12.0 Å². The molecule has 2 atom stereocenters. The molecule has 0 saturated carbocycles. The van der Waals surface area contributed by atoms with E-state index in [2.05, 4.69) is 19.2 Å². The van der Waals surface area contributed by atoms with Gasteiger partial charge in [-0.15, -0.1) is 0 Å². The standard InChI is InChI=1S/C7H15NSe/c1-3-7-6(2)9-5-4-8-7/h6-8H,3-5H2,1-2H3. The van der Waals surface area contributed by atoms with Crippen LogP contribution in [0.2, 0.25) is 10.1 Å². The van der Waals surface area contributed by atoms with Crippen LogP contribution in [-0.4, -0.2) is 27.5 Å². The van der Waals surface area contributed by atoms with E-state index in [1.54, 1.807) is 0 Å². The molecule has 54 valence electrons. The van der Waals surface area contributed by atoms with Crippen LogP contribution in [0.4, 0.5) is 0 Å². The van der Waals surface area contributed by atoms with Gasteiger partial charge in [0.2, 0.25) is 0 Å². The molecule has 0 radical (unpaired) electrons. The zero-order valence-electron chi connectivity index (χ0n) is 6.18. The third-order valence-electron chi connectivity index (χ3n) is 1.90. The SMILES string of the molecule is CCC1NCC[Se]C1C. The van der Waals surface area contributed by atoms with Crippen molar-refractivity contribution in [1.29, 1.82) is 0 Å². The van der Waals surface area contributed by atoms with Crippen LogP contribution in [0, 0.1) is 0 Å². The maximum absolute atomic E-state index is 3.53. The number of rotatable bonds is 1. The fourth-order valence-corrected chi connectivity index (χ4v) is 3.62. The molecule has 0 bridgehead atoms. The van der Waals surface area contributed by atoms with Crippen molar-refractivity contribution in [2.45, 2.75) is 36.4 Å². The zero-order valence-corrected chi connectivity index (χ0v) is 7.90. The van der Waals surface area contributed by atoms with Gasteiger partial charge in [-0.25, -0.2) is 0 Å². The van der Waals surface area contributed by atoms with E-state index in [9.17, 15) is 0 Å². The predicted octanol–water partition coefficient (Wildman–Crippen LogP) is 1.30. The molecule has 1 fully saturated rings. The Hall–Kier alpha value is 0.479. The van der Waals surface area contributed by atoms with E-state index in [0.717, 1.165) is 25.8 Å². The summed E-state index contributed by atoms with van der Waals surface area (Å²) >= 11 is 0.923. The second-order valence-corrected chi connectivity index (χ2v) is 5.66. The molecule has 2 heteroatoms. The molecule has 0 amide bonds. The van der Waals surface area contributed by atoms with Crippen LogP contribution in [-0.2, 0) is 0 Å². The van der Waals surface area contributed by atoms with Crippen LogP contribution in [0.25, 0.3) is 0 Å². The first-order valence-electron chi connectivity index (χ1n) is 3.69. The molecular formula is C7H15NSe. The van der Waals surface area contributed by atoms with Crippen molar-refractivity contribution in [3.8, 4) is 0 Å². The predicted molar refractivity (Wildman–Crippen MR) is 42.1 cm³/mol. The van der Waals surface area contributed by atoms with Gasteiger partial charge in [-0.1, -0.05) is 0 Å². The summed E-state index contributed by atoms with van der Waals surface area (Å²) in [6.07, 6.45) is 1.31. The van der Waals surface area contributed by atoms with Gasteiger partial charge >= 0.3 is 63.3 Å². The van der Waals surface area contributed by atoms with Crippen LogP contribution in [0.1, 0.15) is 20.3 Å². The molecule has 0 aromatic carbocycles. The second-order valence-electron chi connectivity index (χ2n) is 2.54. The fourth-order valence-electron chi connectivity index (χ4n) is 1.25. The molecule has 2 unspecified atom stereocenters. The molecule has 0 spiro atoms. The van der Waals surface area contributed by atoms with Gasteiger partial charge in [-0.05, 0) is 0 Å². The van der Waals surface area contributed by atoms with Crippen LogP contribution >= 0.6 is 0 Å². The average Bonchev–Trinajstić information content (AvgIpc) is 1.89. The van der Waals surface area contributed by atoms with Gasteiger partial charge in [0.15, 0.2) is 0 Å². The molecule has 1 saturated heterocycles. The Morgan fingerprint density at radius 3 is 2.89 bits per heavy atom. The zero-order chi connectivity index (χ0) is 6.69. The van der Waals surface area contributed by atoms with Gasteiger partial charge in [-0.2, -0.15) is 0 Å². The van der Waals surface area contributed by atoms with E-state index >= 15 is 0 Å². The molecule has 1 heterocycles. The van der Waals surface area contributed by atoms with Gasteiger partial charge in [0.25, 0.3) is 0 Å². The van der Waals surface area contributed by atoms with E-state index < -0.39 is 0 Å². The van der Waals surface area contributed by atoms with Crippen LogP contribution in [0.3, 0.4) is 0 Å². The first kappa shape index (κ1) is 7.58. The summed E-state index contributed by atoms with van der Waals surface area (Å²) in [5.41, 5.74) is 0. The Morgan fingerprint density at radius 1 is 1.67 bits per heavy atom. The van der Waals surface area contributed by atoms with Gasteiger partial charge in [0.05, 0.1) is 0 Å². The third-order valence-corrected chi connectivity index (χ3v) is 4.61. The molecular weight excluding hydrogens is 177 g/mol. The van der Waals surface area contributed by atoms with Crippen LogP contribution in [0.5, 0.6) is 0 Å². The van der Waals surface area contributed by atoms with E-state index in [1.165, 1.54) is 18.3 Å². The second kappa shape index (κ2) is 3.60. The number of hydrogen-bond donors (Lipinski definition) is 1. The molecule has 1 aliphatic heterocycles. The normalized spacial score (nSPS) is 36.7. The molecule has 0 aromatic heterocycles. The van der Waals surface area contributed by atoms with E-state index in [0.29, 0.717) is 0 Å². The van der Waals surface area contributed by atoms with Crippen molar-refractivity contribution in [3.63, 3.8) is 0 Å². The molecule has 1 rings (SSSR count). The summed E-state index contributed by atoms with van der Waals surface area (Å²) in [7, 11) is 0. The maximum atomic E-state index is 3.53. The Balaban J connectivity index is 2.30. The summed E-state index contributed by atoms with van der Waals surface area (Å²) in [5, 5.41) is 4.97. The van der Waals surface area contributed by atoms with E-state index in [-0.39, 0.29) is 0 Å². The first-order valence-corrected chi connectivity index (χ1v) is 5.89. The van der Waals surface area contributed by atoms with Gasteiger partial charge in [-0.3, -0.25) is 0 Å². The number of nitrogens with one attached hydrogen (secondary N) is 1. The number of hydrogen-bond acceptors (Lipinski definition) is 1. The average molecular weight is 192 g/mol. The molecule has 1 aliphatic rings. The van der Waals surface area contributed by atoms with Crippen molar-refractivity contribution < 1.29 is 0 Å². The molecule has 0 aliphatic carbocycles. The Bertz CT molecular complexity index is 85.0. The van der Waals surface area contributed by atoms with Crippen LogP contribution in [0.15, 0.2) is 0 Å². The quantitative estimate of drug-likeness (QED) is 0.617. The Morgan fingerprint density at radius 2 is 2.44 bits per heavy atom. The molecule has 0 aromatic rings. The first-order chi connectivity index (χ1) is 4.34. The molecule has 9 heavy (non-hydrogen) atoms.